The van der Waals surface area contributed by atoms with Crippen molar-refractivity contribution in [2.45, 2.75) is 32.2 Å². The van der Waals surface area contributed by atoms with Crippen LogP contribution in [0.5, 0.6) is 0 Å². The molecule has 1 aliphatic rings. The molecule has 94 valence electrons. The lowest BCUT2D eigenvalue weighted by Crippen LogP contribution is -2.47. The molecule has 1 rings (SSSR count). The first-order chi connectivity index (χ1) is 7.54. The topological polar surface area (TPSA) is 43.8 Å². The van der Waals surface area contributed by atoms with Crippen LogP contribution in [0.2, 0.25) is 0 Å². The normalized spacial score (nSPS) is 24.6. The fraction of sp³-hybridized carbons (Fsp3) is 0.917. The number of likely N-dealkylation sites (tertiary alicyclic amines) is 1. The van der Waals surface area contributed by atoms with Gasteiger partial charge in [0.05, 0.1) is 5.92 Å². The molecule has 1 heterocycles. The average molecular weight is 228 g/mol. The van der Waals surface area contributed by atoms with Gasteiger partial charge in [0.25, 0.3) is 0 Å². The molecular weight excluding hydrogens is 204 g/mol. The molecule has 2 unspecified atom stereocenters. The van der Waals surface area contributed by atoms with Crippen LogP contribution in [0.1, 0.15) is 26.2 Å². The first-order valence-corrected chi connectivity index (χ1v) is 6.16. The molecule has 0 saturated carbocycles. The number of carboxylic acid groups (broad SMARTS) is 1. The van der Waals surface area contributed by atoms with Gasteiger partial charge in [0, 0.05) is 19.1 Å². The van der Waals surface area contributed by atoms with Crippen molar-refractivity contribution >= 4 is 5.97 Å². The van der Waals surface area contributed by atoms with Gasteiger partial charge in [-0.15, -0.1) is 0 Å². The third-order valence-corrected chi connectivity index (χ3v) is 3.57. The number of hydrogen-bond acceptors (Lipinski definition) is 3. The van der Waals surface area contributed by atoms with Crippen LogP contribution in [-0.4, -0.2) is 60.6 Å². The Morgan fingerprint density at radius 3 is 2.81 bits per heavy atom. The molecule has 2 atom stereocenters. The summed E-state index contributed by atoms with van der Waals surface area (Å²) in [4.78, 5) is 15.5. The predicted octanol–water partition coefficient (Wildman–Crippen LogP) is 1.12. The second-order valence-electron chi connectivity index (χ2n) is 4.94. The minimum Gasteiger partial charge on any atom is -0.481 e. The lowest BCUT2D eigenvalue weighted by atomic mass is 10.0. The summed E-state index contributed by atoms with van der Waals surface area (Å²) >= 11 is 0. The van der Waals surface area contributed by atoms with Crippen LogP contribution in [0, 0.1) is 5.92 Å². The van der Waals surface area contributed by atoms with Crippen molar-refractivity contribution in [3.8, 4) is 0 Å². The predicted molar refractivity (Wildman–Crippen MR) is 64.6 cm³/mol. The highest BCUT2D eigenvalue weighted by Crippen LogP contribution is 2.15. The van der Waals surface area contributed by atoms with Crippen molar-refractivity contribution in [1.29, 1.82) is 0 Å². The van der Waals surface area contributed by atoms with Crippen LogP contribution in [0.15, 0.2) is 0 Å². The van der Waals surface area contributed by atoms with Crippen molar-refractivity contribution in [3.63, 3.8) is 0 Å². The highest BCUT2D eigenvalue weighted by atomic mass is 16.4. The van der Waals surface area contributed by atoms with Crippen LogP contribution in [0.25, 0.3) is 0 Å². The highest BCUT2D eigenvalue weighted by Gasteiger charge is 2.24. The molecule has 1 saturated heterocycles. The van der Waals surface area contributed by atoms with E-state index in [9.17, 15) is 4.79 Å². The summed E-state index contributed by atoms with van der Waals surface area (Å²) in [6, 6.07) is 0.521. The summed E-state index contributed by atoms with van der Waals surface area (Å²) in [6.45, 7) is 4.84. The molecule has 16 heavy (non-hydrogen) atoms. The van der Waals surface area contributed by atoms with Crippen LogP contribution in [0.3, 0.4) is 0 Å². The molecule has 0 aromatic rings. The second-order valence-corrected chi connectivity index (χ2v) is 4.94. The fourth-order valence-electron chi connectivity index (χ4n) is 2.38. The second kappa shape index (κ2) is 6.21. The van der Waals surface area contributed by atoms with Crippen LogP contribution in [-0.2, 0) is 4.79 Å². The van der Waals surface area contributed by atoms with Crippen LogP contribution < -0.4 is 0 Å². The van der Waals surface area contributed by atoms with E-state index in [0.717, 1.165) is 6.54 Å². The number of piperidine rings is 1. The van der Waals surface area contributed by atoms with Crippen molar-refractivity contribution in [3.05, 3.63) is 0 Å². The molecule has 0 aromatic heterocycles. The largest absolute Gasteiger partial charge is 0.481 e. The zero-order valence-corrected chi connectivity index (χ0v) is 10.6. The van der Waals surface area contributed by atoms with E-state index in [1.54, 1.807) is 0 Å². The van der Waals surface area contributed by atoms with E-state index in [4.69, 9.17) is 5.11 Å². The smallest absolute Gasteiger partial charge is 0.307 e. The van der Waals surface area contributed by atoms with E-state index in [1.165, 1.54) is 19.4 Å². The number of carboxylic acids is 1. The van der Waals surface area contributed by atoms with E-state index in [2.05, 4.69) is 23.9 Å². The standard InChI is InChI=1S/C12H24N2O2/c1-4-10(12(15)16)8-14(3)11-6-5-7-13(2)9-11/h10-11H,4-9H2,1-3H3,(H,15,16). The van der Waals surface area contributed by atoms with Crippen molar-refractivity contribution in [1.82, 2.24) is 9.80 Å². The molecule has 0 aromatic carbocycles. The summed E-state index contributed by atoms with van der Waals surface area (Å²) in [5.74, 6) is -0.893. The number of carbonyl (C=O) groups is 1. The Morgan fingerprint density at radius 1 is 1.62 bits per heavy atom. The molecule has 0 aliphatic carbocycles. The third kappa shape index (κ3) is 3.76. The third-order valence-electron chi connectivity index (χ3n) is 3.57. The molecule has 0 spiro atoms. The number of rotatable bonds is 5. The van der Waals surface area contributed by atoms with Crippen LogP contribution in [0.4, 0.5) is 0 Å². The fourth-order valence-corrected chi connectivity index (χ4v) is 2.38. The summed E-state index contributed by atoms with van der Waals surface area (Å²) in [5, 5.41) is 9.04. The van der Waals surface area contributed by atoms with Crippen LogP contribution >= 0.6 is 0 Å². The molecule has 4 nitrogen and oxygen atoms in total. The maximum atomic E-state index is 11.0. The summed E-state index contributed by atoms with van der Waals surface area (Å²) in [6.07, 6.45) is 3.12. The van der Waals surface area contributed by atoms with Gasteiger partial charge in [-0.2, -0.15) is 0 Å². The number of likely N-dealkylation sites (N-methyl/N-ethyl adjacent to an activating group) is 2. The molecule has 0 bridgehead atoms. The number of nitrogens with zero attached hydrogens (tertiary/aromatic N) is 2. The van der Waals surface area contributed by atoms with E-state index >= 15 is 0 Å². The Bertz CT molecular complexity index is 233. The highest BCUT2D eigenvalue weighted by molar-refractivity contribution is 5.70. The van der Waals surface area contributed by atoms with Gasteiger partial charge in [0.2, 0.25) is 0 Å². The molecule has 1 aliphatic heterocycles. The maximum absolute atomic E-state index is 11.0. The summed E-state index contributed by atoms with van der Waals surface area (Å²) < 4.78 is 0. The zero-order chi connectivity index (χ0) is 12.1. The Kier molecular flexibility index (Phi) is 5.22. The quantitative estimate of drug-likeness (QED) is 0.766. The molecular formula is C12H24N2O2. The van der Waals surface area contributed by atoms with Gasteiger partial charge in [0.1, 0.15) is 0 Å². The number of hydrogen-bond donors (Lipinski definition) is 1. The van der Waals surface area contributed by atoms with E-state index in [1.807, 2.05) is 6.92 Å². The van der Waals surface area contributed by atoms with Crippen molar-refractivity contribution in [2.75, 3.05) is 33.7 Å². The van der Waals surface area contributed by atoms with Gasteiger partial charge < -0.3 is 14.9 Å². The van der Waals surface area contributed by atoms with Gasteiger partial charge in [-0.3, -0.25) is 4.79 Å². The van der Waals surface area contributed by atoms with Gasteiger partial charge in [-0.1, -0.05) is 6.92 Å². The van der Waals surface area contributed by atoms with E-state index in [0.29, 0.717) is 19.0 Å². The zero-order valence-electron chi connectivity index (χ0n) is 10.6. The van der Waals surface area contributed by atoms with Gasteiger partial charge in [-0.25, -0.2) is 0 Å². The monoisotopic (exact) mass is 228 g/mol. The Hall–Kier alpha value is -0.610. The van der Waals surface area contributed by atoms with Gasteiger partial charge in [0.15, 0.2) is 0 Å². The Morgan fingerprint density at radius 2 is 2.31 bits per heavy atom. The maximum Gasteiger partial charge on any atom is 0.307 e. The molecule has 1 N–H and O–H groups in total. The minimum absolute atomic E-state index is 0.225. The molecule has 0 radical (unpaired) electrons. The first-order valence-electron chi connectivity index (χ1n) is 6.16. The van der Waals surface area contributed by atoms with E-state index in [-0.39, 0.29) is 5.92 Å². The van der Waals surface area contributed by atoms with E-state index < -0.39 is 5.97 Å². The average Bonchev–Trinajstić information content (AvgIpc) is 2.25. The summed E-state index contributed by atoms with van der Waals surface area (Å²) in [5.41, 5.74) is 0. The Labute approximate surface area is 98.2 Å². The first kappa shape index (κ1) is 13.5. The van der Waals surface area contributed by atoms with Crippen molar-refractivity contribution < 1.29 is 9.90 Å². The lowest BCUT2D eigenvalue weighted by Gasteiger charge is -2.36. The molecule has 4 heteroatoms. The van der Waals surface area contributed by atoms with Gasteiger partial charge >= 0.3 is 5.97 Å². The summed E-state index contributed by atoms with van der Waals surface area (Å²) in [7, 11) is 4.18. The molecule has 0 amide bonds. The lowest BCUT2D eigenvalue weighted by molar-refractivity contribution is -0.142. The minimum atomic E-state index is -0.668. The molecule has 1 fully saturated rings. The Balaban J connectivity index is 2.43. The van der Waals surface area contributed by atoms with Crippen molar-refractivity contribution in [2.24, 2.45) is 5.92 Å². The number of aliphatic carboxylic acids is 1. The SMILES string of the molecule is CCC(CN(C)C1CCCN(C)C1)C(=O)O. The van der Waals surface area contributed by atoms with Gasteiger partial charge in [-0.05, 0) is 39.9 Å².